The number of aromatic nitrogens is 15. The molecule has 9 aromatic heterocycles. The number of aryl methyl sites for hydroxylation is 5. The van der Waals surface area contributed by atoms with E-state index in [1.165, 1.54) is 25.4 Å². The number of hydrogen-bond donors (Lipinski definition) is 6. The van der Waals surface area contributed by atoms with Crippen molar-refractivity contribution in [3.05, 3.63) is 235 Å². The molecule has 21 nitrogen and oxygen atoms in total. The van der Waals surface area contributed by atoms with Crippen molar-refractivity contribution in [2.75, 3.05) is 16.0 Å². The maximum Gasteiger partial charge on any atom is 0.263 e. The molecule has 93 heavy (non-hydrogen) atoms. The Labute approximate surface area is 555 Å². The van der Waals surface area contributed by atoms with Crippen LogP contribution in [0.15, 0.2) is 174 Å². The molecule has 9 heterocycles. The number of pyridine rings is 3. The van der Waals surface area contributed by atoms with Crippen molar-refractivity contribution in [2.24, 2.45) is 0 Å². The highest BCUT2D eigenvalue weighted by Crippen LogP contribution is 2.36. The number of benzene rings is 5. The molecule has 1 fully saturated rings. The largest absolute Gasteiger partial charge is 0.360 e. The van der Waals surface area contributed by atoms with Gasteiger partial charge in [0.15, 0.2) is 34.4 Å². The van der Waals surface area contributed by atoms with Crippen molar-refractivity contribution >= 4 is 124 Å². The summed E-state index contributed by atoms with van der Waals surface area (Å²) in [4.78, 5) is 88.4. The third-order valence-electron chi connectivity index (χ3n) is 17.0. The molecule has 5 aromatic carbocycles. The summed E-state index contributed by atoms with van der Waals surface area (Å²) in [5, 5.41) is 15.5. The van der Waals surface area contributed by atoms with Crippen molar-refractivity contribution in [1.29, 1.82) is 0 Å². The van der Waals surface area contributed by atoms with Gasteiger partial charge in [-0.15, -0.1) is 0 Å². The number of nitrogens with zero attached hydrogens (tertiary/aromatic N) is 12. The van der Waals surface area contributed by atoms with E-state index in [2.05, 4.69) is 101 Å². The van der Waals surface area contributed by atoms with Crippen molar-refractivity contribution in [3.8, 4) is 11.4 Å². The predicted molar refractivity (Wildman–Crippen MR) is 386 cm³/mol. The van der Waals surface area contributed by atoms with Gasteiger partial charge in [0.1, 0.15) is 35.5 Å². The van der Waals surface area contributed by atoms with E-state index in [0.717, 1.165) is 118 Å². The highest BCUT2D eigenvalue weighted by atomic mass is 32.1. The number of anilines is 3. The zero-order chi connectivity index (χ0) is 62.3. The van der Waals surface area contributed by atoms with Crippen molar-refractivity contribution in [2.45, 2.75) is 98.8 Å². The van der Waals surface area contributed by atoms with E-state index >= 15 is 0 Å². The zero-order valence-corrected chi connectivity index (χ0v) is 55.5. The summed E-state index contributed by atoms with van der Waals surface area (Å²) in [6.07, 6.45) is 12.5. The molecule has 0 amide bonds. The fraction of sp³-hybridized carbons (Fsp3) is 0.217. The minimum Gasteiger partial charge on any atom is -0.360 e. The summed E-state index contributed by atoms with van der Waals surface area (Å²) in [6.45, 7) is 16.1. The number of aromatic amines is 3. The van der Waals surface area contributed by atoms with Gasteiger partial charge >= 0.3 is 0 Å². The topological polar surface area (TPSA) is 265 Å². The van der Waals surface area contributed by atoms with Crippen LogP contribution in [-0.2, 0) is 0 Å². The molecule has 6 N–H and O–H groups in total. The molecule has 1 aliphatic rings. The minimum atomic E-state index is -0.210. The number of para-hydroxylation sites is 1. The molecule has 1 saturated carbocycles. The first-order chi connectivity index (χ1) is 43.7. The first kappa shape index (κ1) is 65.8. The summed E-state index contributed by atoms with van der Waals surface area (Å²) in [5.41, 5.74) is 13.6. The molecule has 0 spiro atoms. The van der Waals surface area contributed by atoms with Crippen LogP contribution >= 0.6 is 40.5 Å². The molecule has 1 aliphatic carbocycles. The lowest BCUT2D eigenvalue weighted by Crippen LogP contribution is -2.33. The Hall–Kier alpha value is -10.2. The number of hydrogen-bond acceptors (Lipinski definition) is 15. The van der Waals surface area contributed by atoms with Gasteiger partial charge in [0.05, 0.1) is 59.0 Å². The number of H-pyrrole nitrogens is 3. The van der Waals surface area contributed by atoms with Gasteiger partial charge in [0.2, 0.25) is 0 Å². The van der Waals surface area contributed by atoms with E-state index in [9.17, 15) is 14.4 Å². The van der Waals surface area contributed by atoms with Crippen LogP contribution in [0.1, 0.15) is 109 Å². The molecular formula is C69H72N18O3S3. The third kappa shape index (κ3) is 12.7. The molecule has 0 radical (unpaired) electrons. The van der Waals surface area contributed by atoms with Crippen LogP contribution in [0, 0.1) is 34.6 Å². The summed E-state index contributed by atoms with van der Waals surface area (Å²) in [7, 11) is 0. The predicted octanol–water partition coefficient (Wildman–Crippen LogP) is 13.1. The smallest absolute Gasteiger partial charge is 0.263 e. The van der Waals surface area contributed by atoms with Gasteiger partial charge in [-0.25, -0.2) is 44.9 Å². The lowest BCUT2D eigenvalue weighted by Gasteiger charge is -2.32. The summed E-state index contributed by atoms with van der Waals surface area (Å²) >= 11 is 0. The van der Waals surface area contributed by atoms with Gasteiger partial charge in [-0.3, -0.25) is 23.5 Å². The number of imidazole rings is 3. The quantitative estimate of drug-likeness (QED) is 0.0664. The molecule has 0 aliphatic heterocycles. The average molecular weight is 1300 g/mol. The van der Waals surface area contributed by atoms with Crippen molar-refractivity contribution < 1.29 is 0 Å². The Kier molecular flexibility index (Phi) is 19.6. The molecule has 474 valence electrons. The molecule has 14 aromatic rings. The van der Waals surface area contributed by atoms with Gasteiger partial charge in [0.25, 0.3) is 16.7 Å². The van der Waals surface area contributed by atoms with E-state index in [-0.39, 0.29) is 81.3 Å². The Balaban J connectivity index is 0.000000150. The van der Waals surface area contributed by atoms with E-state index in [0.29, 0.717) is 34.4 Å². The summed E-state index contributed by atoms with van der Waals surface area (Å²) in [5.74, 6) is 1.97. The van der Waals surface area contributed by atoms with Crippen molar-refractivity contribution in [1.82, 2.24) is 73.5 Å². The third-order valence-corrected chi connectivity index (χ3v) is 17.0. The van der Waals surface area contributed by atoms with Gasteiger partial charge in [-0.1, -0.05) is 84.9 Å². The van der Waals surface area contributed by atoms with Crippen LogP contribution in [0.4, 0.5) is 17.5 Å². The van der Waals surface area contributed by atoms with Gasteiger partial charge in [0, 0.05) is 28.8 Å². The first-order valence-corrected chi connectivity index (χ1v) is 30.0. The maximum absolute atomic E-state index is 13.7. The van der Waals surface area contributed by atoms with Crippen LogP contribution in [0.5, 0.6) is 0 Å². The SMILES string of the molecule is Cc1cccc(-n2c([C@H](C)Nc3ncnc4nc[nH]c34)cc3cccc(C)c3c2=O)c1.Cc1cccc2cc([C@H](C)Nc3ncnc4nc[nH]c34)n(C3CCC3)c(=O)c12.Cc1ccccc1-n1c([C@H](C)Nc2ncnc3nc[nH]c23)cc2cccc(C)c2c1=O.S.S.S. The second kappa shape index (κ2) is 27.7. The molecule has 0 bridgehead atoms. The zero-order valence-electron chi connectivity index (χ0n) is 52.5. The Morgan fingerprint density at radius 2 is 0.828 bits per heavy atom. The van der Waals surface area contributed by atoms with E-state index < -0.39 is 0 Å². The Morgan fingerprint density at radius 3 is 1.27 bits per heavy atom. The number of rotatable bonds is 12. The standard InChI is InChI=1S/2C24H22N6O.C21H22N6O.3H2S/c1-14-6-4-9-18(10-14)30-19(11-17-8-5-7-15(2)20(17)24(30)31)16(3)29-23-21-22(26-12-25-21)27-13-28-23;1-14-7-4-5-10-18(14)30-19(11-17-9-6-8-15(2)20(17)24(30)31)16(3)29-23-21-22(26-12-25-21)27-13-28-23;1-12-5-3-6-14-9-16(27(15-7-4-8-15)21(28)17(12)14)13(2)26-20-18-19(23-10-22-18)24-11-25-20;;;/h2*4-13,16H,1-3H3,(H2,25,26,27,28,29);3,5-6,9-11,13,15H,4,7-8H2,1-2H3,(H2,22,23,24,25,26);3*1H2/t2*16-;13-;;;/m000.../s1. The molecule has 15 rings (SSSR count). The normalized spacial score (nSPS) is 12.9. The average Bonchev–Trinajstić information content (AvgIpc) is 1.48. The molecule has 3 atom stereocenters. The van der Waals surface area contributed by atoms with Crippen LogP contribution < -0.4 is 32.6 Å². The second-order valence-electron chi connectivity index (χ2n) is 23.1. The van der Waals surface area contributed by atoms with Crippen LogP contribution in [-0.4, -0.2) is 73.5 Å². The summed E-state index contributed by atoms with van der Waals surface area (Å²) in [6, 6.07) is 39.9. The maximum atomic E-state index is 13.7. The van der Waals surface area contributed by atoms with Crippen LogP contribution in [0.2, 0.25) is 0 Å². The van der Waals surface area contributed by atoms with Crippen molar-refractivity contribution in [3.63, 3.8) is 0 Å². The second-order valence-corrected chi connectivity index (χ2v) is 23.1. The van der Waals surface area contributed by atoms with Gasteiger partial charge in [-0.2, -0.15) is 40.5 Å². The summed E-state index contributed by atoms with van der Waals surface area (Å²) < 4.78 is 5.61. The molecule has 24 heteroatoms. The van der Waals surface area contributed by atoms with Crippen LogP contribution in [0.25, 0.3) is 77.2 Å². The van der Waals surface area contributed by atoms with E-state index in [1.54, 1.807) is 23.5 Å². The van der Waals surface area contributed by atoms with Crippen LogP contribution in [0.3, 0.4) is 0 Å². The fourth-order valence-electron chi connectivity index (χ4n) is 12.2. The number of nitrogens with one attached hydrogen (secondary N) is 6. The molecular weight excluding hydrogens is 1230 g/mol. The van der Waals surface area contributed by atoms with E-state index in [1.807, 2.05) is 161 Å². The fourth-order valence-corrected chi connectivity index (χ4v) is 12.2. The van der Waals surface area contributed by atoms with Gasteiger partial charge < -0.3 is 35.5 Å². The first-order valence-electron chi connectivity index (χ1n) is 30.0. The molecule has 0 saturated heterocycles. The Morgan fingerprint density at radius 1 is 0.430 bits per heavy atom. The lowest BCUT2D eigenvalue weighted by atomic mass is 9.91. The Bertz CT molecular complexity index is 5250. The highest BCUT2D eigenvalue weighted by molar-refractivity contribution is 7.59. The minimum absolute atomic E-state index is 0. The lowest BCUT2D eigenvalue weighted by molar-refractivity contribution is 0.298. The number of fused-ring (bicyclic) bond motifs is 6. The molecule has 0 unspecified atom stereocenters. The van der Waals surface area contributed by atoms with Gasteiger partial charge in [-0.05, 0) is 155 Å². The highest BCUT2D eigenvalue weighted by Gasteiger charge is 2.28. The monoisotopic (exact) mass is 1300 g/mol. The van der Waals surface area contributed by atoms with E-state index in [4.69, 9.17) is 0 Å².